The zero-order chi connectivity index (χ0) is 27.3. The van der Waals surface area contributed by atoms with Gasteiger partial charge in [-0.15, -0.1) is 0 Å². The summed E-state index contributed by atoms with van der Waals surface area (Å²) in [6.07, 6.45) is -1.72. The molecule has 2 saturated heterocycles. The Bertz CT molecular complexity index is 1230. The number of anilines is 2. The highest BCUT2D eigenvalue weighted by Crippen LogP contribution is 2.44. The number of carbonyl (C=O) groups is 3. The van der Waals surface area contributed by atoms with Crippen molar-refractivity contribution in [2.45, 2.75) is 45.3 Å². The zero-order valence-corrected chi connectivity index (χ0v) is 21.4. The summed E-state index contributed by atoms with van der Waals surface area (Å²) in [5.74, 6) is -2.68. The molecule has 3 aliphatic heterocycles. The van der Waals surface area contributed by atoms with Crippen molar-refractivity contribution >= 4 is 39.7 Å². The van der Waals surface area contributed by atoms with Crippen molar-refractivity contribution in [1.29, 1.82) is 0 Å². The molecule has 1 atom stereocenters. The third-order valence-electron chi connectivity index (χ3n) is 6.24. The summed E-state index contributed by atoms with van der Waals surface area (Å²) >= 11 is 0. The van der Waals surface area contributed by atoms with Gasteiger partial charge in [-0.25, -0.2) is 23.0 Å². The number of phenolic OH excluding ortho intramolecular Hbond substituents is 1. The topological polar surface area (TPSA) is 166 Å². The molecule has 1 aromatic carbocycles. The standard InChI is InChI=1S/C22H29FN4O9S/c1-22(2,3)36-21(32)25(5-4-12-10-35-11-12)8-13-6-14-15(27(13)20(30)31)7-16(28)19(18(14)23)26-9-17(29)24-37(26,33)34/h7,12-13,28H,4-6,8-11H2,1-3H3,(H,24,29)(H,30,31)/t13-/m1/s1. The van der Waals surface area contributed by atoms with Crippen molar-refractivity contribution in [3.05, 3.63) is 17.4 Å². The highest BCUT2D eigenvalue weighted by Gasteiger charge is 2.43. The summed E-state index contributed by atoms with van der Waals surface area (Å²) in [6.45, 7) is 5.58. The lowest BCUT2D eigenvalue weighted by atomic mass is 10.0. The predicted octanol–water partition coefficient (Wildman–Crippen LogP) is 1.40. The second kappa shape index (κ2) is 9.52. The molecule has 204 valence electrons. The first-order chi connectivity index (χ1) is 17.2. The van der Waals surface area contributed by atoms with Crippen molar-refractivity contribution < 1.29 is 46.9 Å². The number of fused-ring (bicyclic) bond motifs is 1. The van der Waals surface area contributed by atoms with Crippen molar-refractivity contribution in [3.8, 4) is 5.75 Å². The molecule has 0 radical (unpaired) electrons. The smallest absolute Gasteiger partial charge is 0.412 e. The Hall–Kier alpha value is -3.33. The number of nitrogens with one attached hydrogen (secondary N) is 1. The molecular weight excluding hydrogens is 515 g/mol. The van der Waals surface area contributed by atoms with E-state index in [0.29, 0.717) is 23.9 Å². The Labute approximate surface area is 212 Å². The molecule has 3 amide bonds. The quantitative estimate of drug-likeness (QED) is 0.480. The number of rotatable bonds is 6. The molecule has 15 heteroatoms. The minimum Gasteiger partial charge on any atom is -0.506 e. The van der Waals surface area contributed by atoms with Gasteiger partial charge in [0, 0.05) is 37.1 Å². The molecule has 1 aromatic rings. The zero-order valence-electron chi connectivity index (χ0n) is 20.6. The van der Waals surface area contributed by atoms with Gasteiger partial charge in [0.05, 0.1) is 24.9 Å². The Morgan fingerprint density at radius 3 is 2.51 bits per heavy atom. The molecule has 0 aliphatic carbocycles. The normalized spacial score (nSPS) is 20.9. The van der Waals surface area contributed by atoms with Crippen LogP contribution >= 0.6 is 0 Å². The number of aromatic hydroxyl groups is 1. The summed E-state index contributed by atoms with van der Waals surface area (Å²) < 4.78 is 52.9. The van der Waals surface area contributed by atoms with Gasteiger partial charge in [-0.1, -0.05) is 0 Å². The molecule has 0 aromatic heterocycles. The molecule has 13 nitrogen and oxygen atoms in total. The van der Waals surface area contributed by atoms with Crippen LogP contribution in [0.1, 0.15) is 32.8 Å². The Kier molecular flexibility index (Phi) is 6.88. The fraction of sp³-hybridized carbons (Fsp3) is 0.591. The third-order valence-corrected chi connectivity index (χ3v) is 7.61. The Morgan fingerprint density at radius 2 is 2.00 bits per heavy atom. The number of carboxylic acid groups (broad SMARTS) is 1. The molecule has 3 aliphatic rings. The summed E-state index contributed by atoms with van der Waals surface area (Å²) in [5, 5.41) is 20.4. The van der Waals surface area contributed by atoms with E-state index in [0.717, 1.165) is 11.0 Å². The average Bonchev–Trinajstić information content (AvgIpc) is 3.20. The van der Waals surface area contributed by atoms with Crippen LogP contribution in [0.25, 0.3) is 0 Å². The van der Waals surface area contributed by atoms with E-state index in [9.17, 15) is 33.0 Å². The van der Waals surface area contributed by atoms with Crippen LogP contribution < -0.4 is 13.9 Å². The molecule has 2 fully saturated rings. The van der Waals surface area contributed by atoms with E-state index in [-0.39, 0.29) is 36.7 Å². The highest BCUT2D eigenvalue weighted by molar-refractivity contribution is 7.92. The second-order valence-electron chi connectivity index (χ2n) is 10.2. The van der Waals surface area contributed by atoms with Gasteiger partial charge < -0.3 is 24.6 Å². The lowest BCUT2D eigenvalue weighted by molar-refractivity contribution is -0.117. The van der Waals surface area contributed by atoms with Crippen LogP contribution in [0.15, 0.2) is 6.07 Å². The van der Waals surface area contributed by atoms with Gasteiger partial charge in [-0.2, -0.15) is 8.42 Å². The first-order valence-corrected chi connectivity index (χ1v) is 13.1. The minimum atomic E-state index is -4.43. The Morgan fingerprint density at radius 1 is 1.32 bits per heavy atom. The predicted molar refractivity (Wildman–Crippen MR) is 127 cm³/mol. The number of halogens is 1. The largest absolute Gasteiger partial charge is 0.506 e. The number of hydrogen-bond acceptors (Lipinski definition) is 8. The van der Waals surface area contributed by atoms with Crippen LogP contribution in [0.4, 0.5) is 25.4 Å². The van der Waals surface area contributed by atoms with E-state index < -0.39 is 63.7 Å². The lowest BCUT2D eigenvalue weighted by Crippen LogP contribution is -2.48. The average molecular weight is 545 g/mol. The fourth-order valence-electron chi connectivity index (χ4n) is 4.50. The van der Waals surface area contributed by atoms with E-state index in [4.69, 9.17) is 9.47 Å². The van der Waals surface area contributed by atoms with Crippen LogP contribution in [0, 0.1) is 11.7 Å². The number of amides is 3. The van der Waals surface area contributed by atoms with Gasteiger partial charge in [0.25, 0.3) is 5.91 Å². The van der Waals surface area contributed by atoms with E-state index in [1.807, 2.05) is 0 Å². The van der Waals surface area contributed by atoms with Crippen LogP contribution in [0.2, 0.25) is 0 Å². The number of hydrogen-bond donors (Lipinski definition) is 3. The first kappa shape index (κ1) is 26.7. The van der Waals surface area contributed by atoms with Gasteiger partial charge in [-0.05, 0) is 27.2 Å². The van der Waals surface area contributed by atoms with Crippen molar-refractivity contribution in [3.63, 3.8) is 0 Å². The first-order valence-electron chi connectivity index (χ1n) is 11.6. The number of ether oxygens (including phenoxy) is 2. The molecule has 0 bridgehead atoms. The maximum Gasteiger partial charge on any atom is 0.412 e. The molecule has 37 heavy (non-hydrogen) atoms. The van der Waals surface area contributed by atoms with Crippen molar-refractivity contribution in [1.82, 2.24) is 9.62 Å². The van der Waals surface area contributed by atoms with E-state index in [1.54, 1.807) is 25.5 Å². The third kappa shape index (κ3) is 5.37. The second-order valence-corrected chi connectivity index (χ2v) is 11.8. The van der Waals surface area contributed by atoms with Crippen LogP contribution in [0.5, 0.6) is 5.75 Å². The van der Waals surface area contributed by atoms with Gasteiger partial charge in [0.1, 0.15) is 23.6 Å². The molecule has 0 saturated carbocycles. The molecule has 3 heterocycles. The molecular formula is C22H29FN4O9S. The molecule has 3 N–H and O–H groups in total. The van der Waals surface area contributed by atoms with Crippen LogP contribution in [0.3, 0.4) is 0 Å². The van der Waals surface area contributed by atoms with Gasteiger partial charge in [0.2, 0.25) is 0 Å². The summed E-state index contributed by atoms with van der Waals surface area (Å²) in [4.78, 5) is 39.0. The van der Waals surface area contributed by atoms with Crippen molar-refractivity contribution in [2.75, 3.05) is 42.1 Å². The highest BCUT2D eigenvalue weighted by atomic mass is 32.2. The number of phenols is 1. The SMILES string of the molecule is CC(C)(C)OC(=O)N(CCC1COC1)C[C@H]1Cc2c(cc(O)c(N3CC(=O)NS3(=O)=O)c2F)N1C(=O)O. The molecule has 0 unspecified atom stereocenters. The fourth-order valence-corrected chi connectivity index (χ4v) is 5.67. The van der Waals surface area contributed by atoms with Crippen LogP contribution in [-0.2, 0) is 30.9 Å². The minimum absolute atomic E-state index is 0.138. The number of benzene rings is 1. The number of carbonyl (C=O) groups excluding carboxylic acids is 2. The van der Waals surface area contributed by atoms with E-state index in [2.05, 4.69) is 0 Å². The van der Waals surface area contributed by atoms with Crippen molar-refractivity contribution in [2.24, 2.45) is 5.92 Å². The monoisotopic (exact) mass is 544 g/mol. The van der Waals surface area contributed by atoms with E-state index in [1.165, 1.54) is 4.90 Å². The van der Waals surface area contributed by atoms with Gasteiger partial charge in [-0.3, -0.25) is 9.69 Å². The Balaban J connectivity index is 1.65. The lowest BCUT2D eigenvalue weighted by Gasteiger charge is -2.33. The molecule has 0 spiro atoms. The van der Waals surface area contributed by atoms with Crippen LogP contribution in [-0.4, -0.2) is 86.1 Å². The van der Waals surface area contributed by atoms with Gasteiger partial charge in [0.15, 0.2) is 5.82 Å². The maximum absolute atomic E-state index is 15.6. The maximum atomic E-state index is 15.6. The summed E-state index contributed by atoms with van der Waals surface area (Å²) in [7, 11) is -4.43. The number of nitrogens with zero attached hydrogens (tertiary/aromatic N) is 3. The molecule has 4 rings (SSSR count). The van der Waals surface area contributed by atoms with E-state index >= 15 is 4.39 Å². The van der Waals surface area contributed by atoms with Gasteiger partial charge >= 0.3 is 22.4 Å². The summed E-state index contributed by atoms with van der Waals surface area (Å²) in [6, 6.07) is 0.000662. The summed E-state index contributed by atoms with van der Waals surface area (Å²) in [5.41, 5.74) is -1.90.